The fourth-order valence-electron chi connectivity index (χ4n) is 1.62. The molecule has 1 aromatic carbocycles. The molecular formula is C12H9BrO3. The van der Waals surface area contributed by atoms with E-state index < -0.39 is 0 Å². The number of halogens is 1. The zero-order valence-corrected chi connectivity index (χ0v) is 10.2. The summed E-state index contributed by atoms with van der Waals surface area (Å²) in [6.07, 6.45) is 2.56. The Morgan fingerprint density at radius 1 is 1.19 bits per heavy atom. The third-order valence-corrected chi connectivity index (χ3v) is 2.92. The number of allylic oxidation sites excluding steroid dienone is 2. The van der Waals surface area contributed by atoms with Crippen LogP contribution in [0.5, 0.6) is 5.75 Å². The molecule has 0 heterocycles. The number of fused-ring (bicyclic) bond motifs is 1. The average molecular weight is 281 g/mol. The van der Waals surface area contributed by atoms with Crippen LogP contribution in [-0.2, 0) is 0 Å². The van der Waals surface area contributed by atoms with E-state index in [0.29, 0.717) is 28.0 Å². The first-order chi connectivity index (χ1) is 7.65. The summed E-state index contributed by atoms with van der Waals surface area (Å²) in [4.78, 5) is 23.3. The molecule has 16 heavy (non-hydrogen) atoms. The number of ether oxygens (including phenoxy) is 1. The van der Waals surface area contributed by atoms with Crippen molar-refractivity contribution in [2.45, 2.75) is 6.92 Å². The molecule has 3 nitrogen and oxygen atoms in total. The quantitative estimate of drug-likeness (QED) is 0.837. The summed E-state index contributed by atoms with van der Waals surface area (Å²) in [6.45, 7) is 2.27. The molecule has 0 aromatic heterocycles. The van der Waals surface area contributed by atoms with Crippen molar-refractivity contribution in [3.63, 3.8) is 0 Å². The highest BCUT2D eigenvalue weighted by molar-refractivity contribution is 9.10. The first-order valence-corrected chi connectivity index (χ1v) is 5.66. The average Bonchev–Trinajstić information content (AvgIpc) is 2.27. The van der Waals surface area contributed by atoms with Crippen LogP contribution in [0, 0.1) is 0 Å². The first kappa shape index (κ1) is 11.1. The van der Waals surface area contributed by atoms with E-state index in [-0.39, 0.29) is 11.6 Å². The Kier molecular flexibility index (Phi) is 2.92. The van der Waals surface area contributed by atoms with Gasteiger partial charge in [0.1, 0.15) is 5.75 Å². The van der Waals surface area contributed by atoms with Crippen LogP contribution in [0.3, 0.4) is 0 Å². The van der Waals surface area contributed by atoms with E-state index in [4.69, 9.17) is 4.74 Å². The second kappa shape index (κ2) is 4.22. The second-order valence-electron chi connectivity index (χ2n) is 3.29. The van der Waals surface area contributed by atoms with Crippen LogP contribution in [0.15, 0.2) is 28.8 Å². The van der Waals surface area contributed by atoms with E-state index in [0.717, 1.165) is 0 Å². The minimum atomic E-state index is -0.195. The van der Waals surface area contributed by atoms with Crippen molar-refractivity contribution in [1.29, 1.82) is 0 Å². The molecule has 4 heteroatoms. The van der Waals surface area contributed by atoms with Crippen molar-refractivity contribution >= 4 is 27.5 Å². The SMILES string of the molecule is CCOc1c(Br)ccc2c1C(=O)C=CC2=O. The fraction of sp³-hybridized carbons (Fsp3) is 0.167. The van der Waals surface area contributed by atoms with E-state index in [9.17, 15) is 9.59 Å². The molecule has 0 bridgehead atoms. The second-order valence-corrected chi connectivity index (χ2v) is 4.15. The van der Waals surface area contributed by atoms with Crippen LogP contribution in [0.25, 0.3) is 0 Å². The van der Waals surface area contributed by atoms with Gasteiger partial charge in [0.2, 0.25) is 0 Å². The molecule has 0 spiro atoms. The van der Waals surface area contributed by atoms with Crippen molar-refractivity contribution in [1.82, 2.24) is 0 Å². The van der Waals surface area contributed by atoms with E-state index in [1.165, 1.54) is 12.2 Å². The molecule has 1 aromatic rings. The van der Waals surface area contributed by atoms with Gasteiger partial charge < -0.3 is 4.74 Å². The maximum Gasteiger partial charge on any atom is 0.190 e. The van der Waals surface area contributed by atoms with Gasteiger partial charge in [-0.1, -0.05) is 0 Å². The van der Waals surface area contributed by atoms with E-state index in [1.807, 2.05) is 6.92 Å². The summed E-state index contributed by atoms with van der Waals surface area (Å²) in [5.41, 5.74) is 0.753. The molecule has 0 saturated carbocycles. The van der Waals surface area contributed by atoms with Gasteiger partial charge in [-0.3, -0.25) is 9.59 Å². The molecule has 0 aliphatic heterocycles. The lowest BCUT2D eigenvalue weighted by Crippen LogP contribution is -2.14. The molecular weight excluding hydrogens is 272 g/mol. The maximum atomic E-state index is 11.7. The lowest BCUT2D eigenvalue weighted by molar-refractivity contribution is 0.0990. The summed E-state index contributed by atoms with van der Waals surface area (Å²) < 4.78 is 6.08. The van der Waals surface area contributed by atoms with Crippen LogP contribution in [-0.4, -0.2) is 18.2 Å². The van der Waals surface area contributed by atoms with Gasteiger partial charge in [-0.05, 0) is 47.1 Å². The first-order valence-electron chi connectivity index (χ1n) is 4.87. The van der Waals surface area contributed by atoms with Gasteiger partial charge in [0, 0.05) is 5.56 Å². The zero-order valence-electron chi connectivity index (χ0n) is 8.62. The Morgan fingerprint density at radius 3 is 2.56 bits per heavy atom. The Balaban J connectivity index is 2.68. The summed E-state index contributed by atoms with van der Waals surface area (Å²) in [6, 6.07) is 3.35. The van der Waals surface area contributed by atoms with Crippen molar-refractivity contribution in [2.75, 3.05) is 6.61 Å². The van der Waals surface area contributed by atoms with Crippen molar-refractivity contribution in [3.8, 4) is 5.75 Å². The number of benzene rings is 1. The Bertz CT molecular complexity index is 503. The Labute approximate surface area is 101 Å². The van der Waals surface area contributed by atoms with Gasteiger partial charge in [0.15, 0.2) is 11.6 Å². The lowest BCUT2D eigenvalue weighted by atomic mass is 9.94. The monoisotopic (exact) mass is 280 g/mol. The molecule has 0 amide bonds. The summed E-state index contributed by atoms with van der Waals surface area (Å²) in [7, 11) is 0. The van der Waals surface area contributed by atoms with E-state index in [2.05, 4.69) is 15.9 Å². The Hall–Kier alpha value is -1.42. The van der Waals surface area contributed by atoms with Crippen LogP contribution >= 0.6 is 15.9 Å². The van der Waals surface area contributed by atoms with Crippen LogP contribution in [0.4, 0.5) is 0 Å². The third-order valence-electron chi connectivity index (χ3n) is 2.30. The fourth-order valence-corrected chi connectivity index (χ4v) is 2.06. The van der Waals surface area contributed by atoms with E-state index >= 15 is 0 Å². The molecule has 0 atom stereocenters. The van der Waals surface area contributed by atoms with Crippen molar-refractivity contribution < 1.29 is 14.3 Å². The predicted octanol–water partition coefficient (Wildman–Crippen LogP) is 2.78. The summed E-state index contributed by atoms with van der Waals surface area (Å²) in [5, 5.41) is 0. The maximum absolute atomic E-state index is 11.7. The Morgan fingerprint density at radius 2 is 1.88 bits per heavy atom. The lowest BCUT2D eigenvalue weighted by Gasteiger charge is -2.15. The predicted molar refractivity (Wildman–Crippen MR) is 63.1 cm³/mol. The number of hydrogen-bond donors (Lipinski definition) is 0. The van der Waals surface area contributed by atoms with Gasteiger partial charge >= 0.3 is 0 Å². The minimum absolute atomic E-state index is 0.164. The highest BCUT2D eigenvalue weighted by Crippen LogP contribution is 2.34. The van der Waals surface area contributed by atoms with Crippen LogP contribution in [0.1, 0.15) is 27.6 Å². The largest absolute Gasteiger partial charge is 0.492 e. The molecule has 0 unspecified atom stereocenters. The molecule has 0 fully saturated rings. The zero-order chi connectivity index (χ0) is 11.7. The number of carbonyl (C=O) groups is 2. The van der Waals surface area contributed by atoms with Gasteiger partial charge in [-0.15, -0.1) is 0 Å². The van der Waals surface area contributed by atoms with E-state index in [1.54, 1.807) is 12.1 Å². The van der Waals surface area contributed by atoms with Gasteiger partial charge in [0.25, 0.3) is 0 Å². The number of hydrogen-bond acceptors (Lipinski definition) is 3. The molecule has 0 saturated heterocycles. The number of rotatable bonds is 2. The number of carbonyl (C=O) groups excluding carboxylic acids is 2. The highest BCUT2D eigenvalue weighted by Gasteiger charge is 2.24. The van der Waals surface area contributed by atoms with Gasteiger partial charge in [-0.2, -0.15) is 0 Å². The molecule has 0 radical (unpaired) electrons. The molecule has 2 rings (SSSR count). The minimum Gasteiger partial charge on any atom is -0.492 e. The van der Waals surface area contributed by atoms with Crippen molar-refractivity contribution in [3.05, 3.63) is 39.9 Å². The summed E-state index contributed by atoms with van der Waals surface area (Å²) >= 11 is 3.31. The molecule has 1 aliphatic carbocycles. The molecule has 1 aliphatic rings. The van der Waals surface area contributed by atoms with Gasteiger partial charge in [0.05, 0.1) is 16.6 Å². The molecule has 82 valence electrons. The summed E-state index contributed by atoms with van der Waals surface area (Å²) in [5.74, 6) is 0.0881. The van der Waals surface area contributed by atoms with Crippen LogP contribution in [0.2, 0.25) is 0 Å². The van der Waals surface area contributed by atoms with Gasteiger partial charge in [-0.25, -0.2) is 0 Å². The third kappa shape index (κ3) is 1.69. The van der Waals surface area contributed by atoms with Crippen LogP contribution < -0.4 is 4.74 Å². The standard InChI is InChI=1S/C12H9BrO3/c1-2-16-12-8(13)4-3-7-9(14)5-6-10(15)11(7)12/h3-6H,2H2,1H3. The normalized spacial score (nSPS) is 13.9. The highest BCUT2D eigenvalue weighted by atomic mass is 79.9. The number of ketones is 2. The van der Waals surface area contributed by atoms with Crippen molar-refractivity contribution in [2.24, 2.45) is 0 Å². The smallest absolute Gasteiger partial charge is 0.190 e. The molecule has 0 N–H and O–H groups in total. The topological polar surface area (TPSA) is 43.4 Å².